The highest BCUT2D eigenvalue weighted by molar-refractivity contribution is 4.94. The Morgan fingerprint density at radius 1 is 1.05 bits per heavy atom. The standard InChI is InChI=1S/C16H30N2O2/c19-13(12-20-14-5-1-2-6-14)11-17-15-8-10-18-9-4-3-7-16(15)18/h13-17,19H,1-12H2. The van der Waals surface area contributed by atoms with E-state index in [2.05, 4.69) is 10.2 Å². The molecule has 3 fully saturated rings. The Morgan fingerprint density at radius 2 is 1.85 bits per heavy atom. The summed E-state index contributed by atoms with van der Waals surface area (Å²) in [5.41, 5.74) is 0. The van der Waals surface area contributed by atoms with Crippen molar-refractivity contribution in [1.29, 1.82) is 0 Å². The predicted molar refractivity (Wildman–Crippen MR) is 79.8 cm³/mol. The highest BCUT2D eigenvalue weighted by Crippen LogP contribution is 2.27. The Morgan fingerprint density at radius 3 is 2.70 bits per heavy atom. The molecule has 0 spiro atoms. The molecule has 1 aliphatic carbocycles. The van der Waals surface area contributed by atoms with Gasteiger partial charge in [-0.3, -0.25) is 4.90 Å². The maximum absolute atomic E-state index is 10.1. The third-order valence-electron chi connectivity index (χ3n) is 5.30. The summed E-state index contributed by atoms with van der Waals surface area (Å²) < 4.78 is 5.79. The molecule has 0 radical (unpaired) electrons. The van der Waals surface area contributed by atoms with Crippen LogP contribution in [0.1, 0.15) is 51.4 Å². The number of piperidine rings is 1. The van der Waals surface area contributed by atoms with Gasteiger partial charge in [0.05, 0.1) is 18.8 Å². The number of rotatable bonds is 6. The van der Waals surface area contributed by atoms with Gasteiger partial charge >= 0.3 is 0 Å². The molecule has 2 aliphatic heterocycles. The van der Waals surface area contributed by atoms with E-state index in [1.54, 1.807) is 0 Å². The molecule has 4 nitrogen and oxygen atoms in total. The van der Waals surface area contributed by atoms with Crippen molar-refractivity contribution < 1.29 is 9.84 Å². The summed E-state index contributed by atoms with van der Waals surface area (Å²) >= 11 is 0. The highest BCUT2D eigenvalue weighted by Gasteiger charge is 2.35. The van der Waals surface area contributed by atoms with Crippen LogP contribution in [0.4, 0.5) is 0 Å². The molecular weight excluding hydrogens is 252 g/mol. The van der Waals surface area contributed by atoms with Crippen LogP contribution in [0.25, 0.3) is 0 Å². The van der Waals surface area contributed by atoms with Crippen LogP contribution in [0.3, 0.4) is 0 Å². The van der Waals surface area contributed by atoms with Gasteiger partial charge in [-0.15, -0.1) is 0 Å². The van der Waals surface area contributed by atoms with Crippen molar-refractivity contribution in [2.24, 2.45) is 0 Å². The minimum absolute atomic E-state index is 0.353. The van der Waals surface area contributed by atoms with Crippen LogP contribution in [0.15, 0.2) is 0 Å². The molecule has 3 rings (SSSR count). The molecular formula is C16H30N2O2. The number of fused-ring (bicyclic) bond motifs is 1. The summed E-state index contributed by atoms with van der Waals surface area (Å²) in [7, 11) is 0. The van der Waals surface area contributed by atoms with Crippen LogP contribution < -0.4 is 5.32 Å². The molecule has 0 amide bonds. The third-order valence-corrected chi connectivity index (χ3v) is 5.30. The second-order valence-electron chi connectivity index (χ2n) is 6.80. The molecule has 0 aromatic rings. The molecule has 0 aromatic heterocycles. The van der Waals surface area contributed by atoms with Crippen LogP contribution in [0.5, 0.6) is 0 Å². The van der Waals surface area contributed by atoms with E-state index in [0.29, 0.717) is 31.3 Å². The number of nitrogens with zero attached hydrogens (tertiary/aromatic N) is 1. The predicted octanol–water partition coefficient (Wildman–Crippen LogP) is 1.52. The van der Waals surface area contributed by atoms with E-state index in [1.807, 2.05) is 0 Å². The van der Waals surface area contributed by atoms with Gasteiger partial charge in [0.25, 0.3) is 0 Å². The highest BCUT2D eigenvalue weighted by atomic mass is 16.5. The largest absolute Gasteiger partial charge is 0.389 e. The van der Waals surface area contributed by atoms with E-state index < -0.39 is 0 Å². The van der Waals surface area contributed by atoms with Gasteiger partial charge in [0.15, 0.2) is 0 Å². The molecule has 2 heterocycles. The fourth-order valence-electron chi connectivity index (χ4n) is 4.13. The lowest BCUT2D eigenvalue weighted by molar-refractivity contribution is -0.00672. The van der Waals surface area contributed by atoms with E-state index in [1.165, 1.54) is 64.5 Å². The Bertz CT molecular complexity index is 294. The number of aliphatic hydroxyl groups is 1. The zero-order valence-corrected chi connectivity index (χ0v) is 12.6. The van der Waals surface area contributed by atoms with Crippen molar-refractivity contribution in [2.45, 2.75) is 75.7 Å². The first-order valence-electron chi connectivity index (χ1n) is 8.60. The lowest BCUT2D eigenvalue weighted by Crippen LogP contribution is -2.47. The van der Waals surface area contributed by atoms with Gasteiger partial charge in [-0.1, -0.05) is 19.3 Å². The average molecular weight is 282 g/mol. The van der Waals surface area contributed by atoms with Gasteiger partial charge in [0, 0.05) is 25.2 Å². The van der Waals surface area contributed by atoms with E-state index in [4.69, 9.17) is 4.74 Å². The van der Waals surface area contributed by atoms with E-state index >= 15 is 0 Å². The van der Waals surface area contributed by atoms with Crippen molar-refractivity contribution in [2.75, 3.05) is 26.2 Å². The van der Waals surface area contributed by atoms with E-state index in [9.17, 15) is 5.11 Å². The van der Waals surface area contributed by atoms with E-state index in [-0.39, 0.29) is 6.10 Å². The van der Waals surface area contributed by atoms with Crippen molar-refractivity contribution >= 4 is 0 Å². The smallest absolute Gasteiger partial charge is 0.0897 e. The fourth-order valence-corrected chi connectivity index (χ4v) is 4.13. The minimum Gasteiger partial charge on any atom is -0.389 e. The van der Waals surface area contributed by atoms with Crippen molar-refractivity contribution in [1.82, 2.24) is 10.2 Å². The van der Waals surface area contributed by atoms with Crippen LogP contribution in [0, 0.1) is 0 Å². The first-order valence-corrected chi connectivity index (χ1v) is 8.60. The van der Waals surface area contributed by atoms with Crippen LogP contribution in [0.2, 0.25) is 0 Å². The van der Waals surface area contributed by atoms with Crippen LogP contribution >= 0.6 is 0 Å². The molecule has 1 saturated carbocycles. The molecule has 2 saturated heterocycles. The zero-order chi connectivity index (χ0) is 13.8. The number of ether oxygens (including phenoxy) is 1. The minimum atomic E-state index is -0.353. The van der Waals surface area contributed by atoms with Crippen molar-refractivity contribution in [3.63, 3.8) is 0 Å². The SMILES string of the molecule is OC(CNC1CCN2CCCCC12)COC1CCCC1. The molecule has 3 aliphatic rings. The molecule has 2 N–H and O–H groups in total. The van der Waals surface area contributed by atoms with Gasteiger partial charge < -0.3 is 15.2 Å². The summed E-state index contributed by atoms with van der Waals surface area (Å²) in [5.74, 6) is 0. The first kappa shape index (κ1) is 14.8. The third kappa shape index (κ3) is 3.73. The summed E-state index contributed by atoms with van der Waals surface area (Å²) in [5, 5.41) is 13.6. The zero-order valence-electron chi connectivity index (χ0n) is 12.6. The molecule has 4 heteroatoms. The summed E-state index contributed by atoms with van der Waals surface area (Å²) in [6.07, 6.45) is 10.3. The Kier molecular flexibility index (Phi) is 5.32. The Labute approximate surface area is 122 Å². The summed E-state index contributed by atoms with van der Waals surface area (Å²) in [6, 6.07) is 1.29. The van der Waals surface area contributed by atoms with Gasteiger partial charge in [-0.2, -0.15) is 0 Å². The molecule has 20 heavy (non-hydrogen) atoms. The number of hydrogen-bond donors (Lipinski definition) is 2. The Balaban J connectivity index is 1.34. The van der Waals surface area contributed by atoms with E-state index in [0.717, 1.165) is 0 Å². The van der Waals surface area contributed by atoms with Crippen molar-refractivity contribution in [3.05, 3.63) is 0 Å². The normalized spacial score (nSPS) is 33.5. The maximum Gasteiger partial charge on any atom is 0.0897 e. The average Bonchev–Trinajstić information content (AvgIpc) is 3.12. The molecule has 0 bridgehead atoms. The summed E-state index contributed by atoms with van der Waals surface area (Å²) in [4.78, 5) is 2.63. The molecule has 116 valence electrons. The quantitative estimate of drug-likeness (QED) is 0.775. The maximum atomic E-state index is 10.1. The topological polar surface area (TPSA) is 44.7 Å². The molecule has 3 unspecified atom stereocenters. The number of hydrogen-bond acceptors (Lipinski definition) is 4. The van der Waals surface area contributed by atoms with Gasteiger partial charge in [0.2, 0.25) is 0 Å². The number of nitrogens with one attached hydrogen (secondary N) is 1. The molecule has 0 aromatic carbocycles. The van der Waals surface area contributed by atoms with Gasteiger partial charge in [-0.25, -0.2) is 0 Å². The Hall–Kier alpha value is -0.160. The molecule has 3 atom stereocenters. The summed E-state index contributed by atoms with van der Waals surface area (Å²) in [6.45, 7) is 3.69. The van der Waals surface area contributed by atoms with Crippen molar-refractivity contribution in [3.8, 4) is 0 Å². The van der Waals surface area contributed by atoms with Gasteiger partial charge in [-0.05, 0) is 38.6 Å². The van der Waals surface area contributed by atoms with Crippen LogP contribution in [-0.4, -0.2) is 60.5 Å². The second-order valence-corrected chi connectivity index (χ2v) is 6.80. The lowest BCUT2D eigenvalue weighted by Gasteiger charge is -2.33. The second kappa shape index (κ2) is 7.21. The first-order chi connectivity index (χ1) is 9.83. The van der Waals surface area contributed by atoms with Gasteiger partial charge in [0.1, 0.15) is 0 Å². The van der Waals surface area contributed by atoms with Crippen LogP contribution in [-0.2, 0) is 4.74 Å². The fraction of sp³-hybridized carbons (Fsp3) is 1.00. The number of aliphatic hydroxyl groups excluding tert-OH is 1. The monoisotopic (exact) mass is 282 g/mol. The lowest BCUT2D eigenvalue weighted by atomic mass is 9.99.